The summed E-state index contributed by atoms with van der Waals surface area (Å²) in [6, 6.07) is 0. The summed E-state index contributed by atoms with van der Waals surface area (Å²) in [5.41, 5.74) is 0. The average Bonchev–Trinajstić information content (AvgIpc) is 2.48. The van der Waals surface area contributed by atoms with Crippen LogP contribution in [-0.4, -0.2) is 18.9 Å². The zero-order valence-electron chi connectivity index (χ0n) is 13.1. The largest absolute Gasteiger partial charge is 0.414 e. The van der Waals surface area contributed by atoms with Gasteiger partial charge < -0.3 is 4.74 Å². The maximum absolute atomic E-state index is 12.6. The SMILES string of the molecule is CCCCCC1CCC(C2CCC(C(F)(F)F)OC2)CC1. The minimum Gasteiger partial charge on any atom is -0.368 e. The fourth-order valence-corrected chi connectivity index (χ4v) is 4.03. The Morgan fingerprint density at radius 2 is 1.57 bits per heavy atom. The highest BCUT2D eigenvalue weighted by Crippen LogP contribution is 2.41. The van der Waals surface area contributed by atoms with Crippen molar-refractivity contribution in [1.82, 2.24) is 0 Å². The van der Waals surface area contributed by atoms with Crippen LogP contribution in [0, 0.1) is 17.8 Å². The second-order valence-electron chi connectivity index (χ2n) is 6.98. The summed E-state index contributed by atoms with van der Waals surface area (Å²) in [6.45, 7) is 2.55. The van der Waals surface area contributed by atoms with Crippen molar-refractivity contribution in [1.29, 1.82) is 0 Å². The Hall–Kier alpha value is -0.250. The molecule has 1 aliphatic carbocycles. The standard InChI is InChI=1S/C17H29F3O/c1-2-3-4-5-13-6-8-14(9-7-13)15-10-11-16(21-12-15)17(18,19)20/h13-16H,2-12H2,1H3. The molecule has 1 nitrogen and oxygen atoms in total. The van der Waals surface area contributed by atoms with Gasteiger partial charge in [0.2, 0.25) is 0 Å². The van der Waals surface area contributed by atoms with Crippen molar-refractivity contribution in [3.05, 3.63) is 0 Å². The van der Waals surface area contributed by atoms with Crippen molar-refractivity contribution in [2.45, 2.75) is 83.4 Å². The summed E-state index contributed by atoms with van der Waals surface area (Å²) < 4.78 is 42.8. The highest BCUT2D eigenvalue weighted by atomic mass is 19.4. The number of hydrogen-bond donors (Lipinski definition) is 0. The number of rotatable bonds is 5. The Balaban J connectivity index is 1.67. The van der Waals surface area contributed by atoms with Crippen LogP contribution in [0.1, 0.15) is 71.1 Å². The van der Waals surface area contributed by atoms with Crippen LogP contribution in [0.5, 0.6) is 0 Å². The summed E-state index contributed by atoms with van der Waals surface area (Å²) in [7, 11) is 0. The number of hydrogen-bond acceptors (Lipinski definition) is 1. The van der Waals surface area contributed by atoms with E-state index in [1.807, 2.05) is 0 Å². The Labute approximate surface area is 126 Å². The molecule has 0 bridgehead atoms. The first-order valence-corrected chi connectivity index (χ1v) is 8.69. The number of halogens is 3. The molecule has 1 saturated carbocycles. The van der Waals surface area contributed by atoms with E-state index >= 15 is 0 Å². The summed E-state index contributed by atoms with van der Waals surface area (Å²) >= 11 is 0. The van der Waals surface area contributed by atoms with Crippen LogP contribution in [0.15, 0.2) is 0 Å². The molecule has 0 aromatic rings. The fraction of sp³-hybridized carbons (Fsp3) is 1.00. The third kappa shape index (κ3) is 5.15. The number of ether oxygens (including phenoxy) is 1. The molecule has 1 saturated heterocycles. The van der Waals surface area contributed by atoms with E-state index in [4.69, 9.17) is 4.74 Å². The summed E-state index contributed by atoms with van der Waals surface area (Å²) in [5, 5.41) is 0. The Bertz CT molecular complexity index is 287. The third-order valence-electron chi connectivity index (χ3n) is 5.45. The van der Waals surface area contributed by atoms with E-state index in [1.165, 1.54) is 51.4 Å². The minimum absolute atomic E-state index is 0.157. The first kappa shape index (κ1) is 17.1. The topological polar surface area (TPSA) is 9.23 Å². The molecule has 4 heteroatoms. The molecule has 2 unspecified atom stereocenters. The van der Waals surface area contributed by atoms with Crippen molar-refractivity contribution in [2.75, 3.05) is 6.61 Å². The van der Waals surface area contributed by atoms with Gasteiger partial charge in [-0.2, -0.15) is 13.2 Å². The zero-order chi connectivity index (χ0) is 15.3. The lowest BCUT2D eigenvalue weighted by atomic mass is 9.73. The fourth-order valence-electron chi connectivity index (χ4n) is 4.03. The first-order valence-electron chi connectivity index (χ1n) is 8.69. The van der Waals surface area contributed by atoms with Crippen LogP contribution < -0.4 is 0 Å². The molecule has 0 aromatic carbocycles. The Morgan fingerprint density at radius 3 is 2.10 bits per heavy atom. The second-order valence-corrected chi connectivity index (χ2v) is 6.98. The van der Waals surface area contributed by atoms with Crippen molar-refractivity contribution >= 4 is 0 Å². The molecule has 2 rings (SSSR count). The molecule has 2 atom stereocenters. The normalized spacial score (nSPS) is 34.9. The van der Waals surface area contributed by atoms with Crippen LogP contribution in [0.25, 0.3) is 0 Å². The van der Waals surface area contributed by atoms with Crippen molar-refractivity contribution in [3.8, 4) is 0 Å². The van der Waals surface area contributed by atoms with Gasteiger partial charge in [0.25, 0.3) is 0 Å². The van der Waals surface area contributed by atoms with Gasteiger partial charge in [-0.3, -0.25) is 0 Å². The highest BCUT2D eigenvalue weighted by molar-refractivity contribution is 4.83. The lowest BCUT2D eigenvalue weighted by molar-refractivity contribution is -0.238. The molecular weight excluding hydrogens is 277 g/mol. The molecule has 0 radical (unpaired) electrons. The van der Waals surface area contributed by atoms with E-state index in [0.717, 1.165) is 5.92 Å². The lowest BCUT2D eigenvalue weighted by Gasteiger charge is -2.38. The predicted octanol–water partition coefficient (Wildman–Crippen LogP) is 5.73. The van der Waals surface area contributed by atoms with Crippen LogP contribution in [-0.2, 0) is 4.74 Å². The summed E-state index contributed by atoms with van der Waals surface area (Å²) in [5.74, 6) is 1.82. The van der Waals surface area contributed by atoms with Gasteiger partial charge >= 0.3 is 6.18 Å². The highest BCUT2D eigenvalue weighted by Gasteiger charge is 2.44. The maximum Gasteiger partial charge on any atom is 0.414 e. The van der Waals surface area contributed by atoms with Gasteiger partial charge in [0, 0.05) is 0 Å². The van der Waals surface area contributed by atoms with Gasteiger partial charge in [-0.15, -0.1) is 0 Å². The van der Waals surface area contributed by atoms with Crippen LogP contribution >= 0.6 is 0 Å². The number of alkyl halides is 3. The summed E-state index contributed by atoms with van der Waals surface area (Å²) in [6.07, 6.45) is 5.37. The smallest absolute Gasteiger partial charge is 0.368 e. The van der Waals surface area contributed by atoms with Crippen molar-refractivity contribution in [3.63, 3.8) is 0 Å². The van der Waals surface area contributed by atoms with Crippen molar-refractivity contribution in [2.24, 2.45) is 17.8 Å². The van der Waals surface area contributed by atoms with Gasteiger partial charge in [-0.05, 0) is 43.4 Å². The molecule has 0 amide bonds. The van der Waals surface area contributed by atoms with Crippen molar-refractivity contribution < 1.29 is 17.9 Å². The van der Waals surface area contributed by atoms with Crippen LogP contribution in [0.3, 0.4) is 0 Å². The molecule has 2 fully saturated rings. The zero-order valence-corrected chi connectivity index (χ0v) is 13.1. The van der Waals surface area contributed by atoms with E-state index < -0.39 is 12.3 Å². The predicted molar refractivity (Wildman–Crippen MR) is 78.1 cm³/mol. The van der Waals surface area contributed by atoms with Gasteiger partial charge in [0.05, 0.1) is 6.61 Å². The first-order chi connectivity index (χ1) is 10.0. The Morgan fingerprint density at radius 1 is 0.905 bits per heavy atom. The van der Waals surface area contributed by atoms with Gasteiger partial charge in [-0.1, -0.05) is 45.4 Å². The molecule has 0 aromatic heterocycles. The molecule has 124 valence electrons. The third-order valence-corrected chi connectivity index (χ3v) is 5.45. The van der Waals surface area contributed by atoms with Crippen LogP contribution in [0.4, 0.5) is 13.2 Å². The van der Waals surface area contributed by atoms with E-state index in [2.05, 4.69) is 6.92 Å². The average molecular weight is 306 g/mol. The molecule has 0 N–H and O–H groups in total. The van der Waals surface area contributed by atoms with Gasteiger partial charge in [0.1, 0.15) is 0 Å². The van der Waals surface area contributed by atoms with Gasteiger partial charge in [-0.25, -0.2) is 0 Å². The minimum atomic E-state index is -4.18. The molecule has 1 aliphatic heterocycles. The molecule has 21 heavy (non-hydrogen) atoms. The number of unbranched alkanes of at least 4 members (excludes halogenated alkanes) is 2. The molecule has 0 spiro atoms. The monoisotopic (exact) mass is 306 g/mol. The van der Waals surface area contributed by atoms with E-state index in [0.29, 0.717) is 24.9 Å². The second kappa shape index (κ2) is 7.85. The molecule has 1 heterocycles. The quantitative estimate of drug-likeness (QED) is 0.589. The molecular formula is C17H29F3O. The van der Waals surface area contributed by atoms with Crippen LogP contribution in [0.2, 0.25) is 0 Å². The van der Waals surface area contributed by atoms with Gasteiger partial charge in [0.15, 0.2) is 6.10 Å². The van der Waals surface area contributed by atoms with E-state index in [9.17, 15) is 13.2 Å². The lowest BCUT2D eigenvalue weighted by Crippen LogP contribution is -2.39. The Kier molecular flexibility index (Phi) is 6.39. The maximum atomic E-state index is 12.6. The van der Waals surface area contributed by atoms with E-state index in [-0.39, 0.29) is 6.42 Å². The summed E-state index contributed by atoms with van der Waals surface area (Å²) in [4.78, 5) is 0. The molecule has 2 aliphatic rings. The van der Waals surface area contributed by atoms with E-state index in [1.54, 1.807) is 0 Å².